The number of thioether (sulfide) groups is 1. The number of amides is 1. The van der Waals surface area contributed by atoms with Crippen LogP contribution in [0.25, 0.3) is 0 Å². The lowest BCUT2D eigenvalue weighted by molar-refractivity contribution is -0.0190. The van der Waals surface area contributed by atoms with Gasteiger partial charge >= 0.3 is 6.09 Å². The van der Waals surface area contributed by atoms with E-state index in [4.69, 9.17) is 4.74 Å². The minimum atomic E-state index is -0.591. The first-order chi connectivity index (χ1) is 8.77. The molecule has 0 bridgehead atoms. The van der Waals surface area contributed by atoms with E-state index in [1.54, 1.807) is 4.90 Å². The van der Waals surface area contributed by atoms with Crippen LogP contribution in [-0.4, -0.2) is 51.4 Å². The smallest absolute Gasteiger partial charge is 0.410 e. The Morgan fingerprint density at radius 2 is 1.95 bits per heavy atom. The Morgan fingerprint density at radius 3 is 2.42 bits per heavy atom. The van der Waals surface area contributed by atoms with Gasteiger partial charge in [-0.1, -0.05) is 0 Å². The van der Waals surface area contributed by atoms with Crippen LogP contribution in [0.15, 0.2) is 0 Å². The fourth-order valence-electron chi connectivity index (χ4n) is 2.08. The topological polar surface area (TPSA) is 49.8 Å². The first-order valence-corrected chi connectivity index (χ1v) is 8.14. The third kappa shape index (κ3) is 4.88. The van der Waals surface area contributed by atoms with Crippen molar-refractivity contribution < 1.29 is 14.6 Å². The van der Waals surface area contributed by atoms with E-state index in [0.717, 1.165) is 11.0 Å². The number of aliphatic hydroxyl groups is 1. The van der Waals surface area contributed by atoms with Crippen molar-refractivity contribution in [3.63, 3.8) is 0 Å². The van der Waals surface area contributed by atoms with Crippen molar-refractivity contribution in [2.45, 2.75) is 62.9 Å². The van der Waals surface area contributed by atoms with E-state index in [9.17, 15) is 9.90 Å². The highest BCUT2D eigenvalue weighted by Crippen LogP contribution is 2.38. The molecule has 1 heterocycles. The van der Waals surface area contributed by atoms with Crippen LogP contribution < -0.4 is 0 Å². The van der Waals surface area contributed by atoms with E-state index in [1.807, 2.05) is 32.5 Å². The lowest BCUT2D eigenvalue weighted by Crippen LogP contribution is -2.49. The Balaban J connectivity index is 1.75. The average molecular weight is 287 g/mol. The van der Waals surface area contributed by atoms with Crippen molar-refractivity contribution in [3.8, 4) is 0 Å². The standard InChI is InChI=1S/C14H25NO3S/c1-13(2,3)18-12(16)15-8-6-14(17,7-9-15)10-19-11-4-5-11/h11,17H,4-10H2,1-3H3. The molecule has 0 aromatic heterocycles. The Bertz CT molecular complexity index is 328. The number of piperidine rings is 1. The molecule has 0 radical (unpaired) electrons. The summed E-state index contributed by atoms with van der Waals surface area (Å²) in [6.45, 7) is 6.81. The van der Waals surface area contributed by atoms with Gasteiger partial charge in [-0.3, -0.25) is 0 Å². The predicted molar refractivity (Wildman–Crippen MR) is 77.5 cm³/mol. The summed E-state index contributed by atoms with van der Waals surface area (Å²) in [4.78, 5) is 13.6. The van der Waals surface area contributed by atoms with Gasteiger partial charge in [-0.25, -0.2) is 4.79 Å². The van der Waals surface area contributed by atoms with Gasteiger partial charge in [0.05, 0.1) is 5.60 Å². The highest BCUT2D eigenvalue weighted by atomic mass is 32.2. The summed E-state index contributed by atoms with van der Waals surface area (Å²) in [5.41, 5.74) is -1.04. The second kappa shape index (κ2) is 5.52. The largest absolute Gasteiger partial charge is 0.444 e. The van der Waals surface area contributed by atoms with Crippen LogP contribution in [0.3, 0.4) is 0 Å². The molecule has 0 atom stereocenters. The van der Waals surface area contributed by atoms with Gasteiger partial charge in [-0.15, -0.1) is 0 Å². The first kappa shape index (κ1) is 15.0. The first-order valence-electron chi connectivity index (χ1n) is 7.09. The van der Waals surface area contributed by atoms with Gasteiger partial charge in [0.15, 0.2) is 0 Å². The van der Waals surface area contributed by atoms with Gasteiger partial charge in [0.25, 0.3) is 0 Å². The van der Waals surface area contributed by atoms with E-state index >= 15 is 0 Å². The second-order valence-electron chi connectivity index (χ2n) is 6.70. The van der Waals surface area contributed by atoms with Gasteiger partial charge < -0.3 is 14.7 Å². The molecule has 1 aliphatic heterocycles. The molecule has 1 N–H and O–H groups in total. The quantitative estimate of drug-likeness (QED) is 0.867. The van der Waals surface area contributed by atoms with Crippen LogP contribution in [-0.2, 0) is 4.74 Å². The SMILES string of the molecule is CC(C)(C)OC(=O)N1CCC(O)(CSC2CC2)CC1. The van der Waals surface area contributed by atoms with Crippen LogP contribution in [0, 0.1) is 0 Å². The monoisotopic (exact) mass is 287 g/mol. The lowest BCUT2D eigenvalue weighted by atomic mass is 9.94. The van der Waals surface area contributed by atoms with Crippen molar-refractivity contribution in [1.82, 2.24) is 4.90 Å². The number of nitrogens with zero attached hydrogens (tertiary/aromatic N) is 1. The molecule has 1 amide bonds. The zero-order chi connectivity index (χ0) is 14.1. The van der Waals surface area contributed by atoms with E-state index < -0.39 is 11.2 Å². The van der Waals surface area contributed by atoms with Gasteiger partial charge in [-0.05, 0) is 46.5 Å². The molecule has 5 heteroatoms. The van der Waals surface area contributed by atoms with E-state index in [1.165, 1.54) is 12.8 Å². The molecule has 0 aromatic carbocycles. The van der Waals surface area contributed by atoms with Crippen LogP contribution in [0.4, 0.5) is 4.79 Å². The molecule has 0 unspecified atom stereocenters. The molecule has 2 aliphatic rings. The minimum absolute atomic E-state index is 0.260. The highest BCUT2D eigenvalue weighted by Gasteiger charge is 2.36. The van der Waals surface area contributed by atoms with Crippen molar-refractivity contribution in [2.75, 3.05) is 18.8 Å². The normalized spacial score (nSPS) is 23.3. The van der Waals surface area contributed by atoms with Crippen LogP contribution >= 0.6 is 11.8 Å². The van der Waals surface area contributed by atoms with Gasteiger partial charge in [0, 0.05) is 24.1 Å². The molecule has 2 rings (SSSR count). The molecule has 110 valence electrons. The zero-order valence-electron chi connectivity index (χ0n) is 12.1. The van der Waals surface area contributed by atoms with Crippen molar-refractivity contribution in [3.05, 3.63) is 0 Å². The summed E-state index contributed by atoms with van der Waals surface area (Å²) < 4.78 is 5.35. The van der Waals surface area contributed by atoms with Gasteiger partial charge in [0.1, 0.15) is 5.60 Å². The molecule has 4 nitrogen and oxygen atoms in total. The number of carbonyl (C=O) groups is 1. The summed E-state index contributed by atoms with van der Waals surface area (Å²) in [7, 11) is 0. The Labute approximate surface area is 119 Å². The van der Waals surface area contributed by atoms with Crippen molar-refractivity contribution in [1.29, 1.82) is 0 Å². The van der Waals surface area contributed by atoms with Crippen LogP contribution in [0.1, 0.15) is 46.5 Å². The fourth-order valence-corrected chi connectivity index (χ4v) is 3.39. The molecule has 19 heavy (non-hydrogen) atoms. The molecule has 1 saturated carbocycles. The Morgan fingerprint density at radius 1 is 1.37 bits per heavy atom. The summed E-state index contributed by atoms with van der Waals surface area (Å²) in [6, 6.07) is 0. The maximum Gasteiger partial charge on any atom is 0.410 e. The van der Waals surface area contributed by atoms with Gasteiger partial charge in [0.2, 0.25) is 0 Å². The summed E-state index contributed by atoms with van der Waals surface area (Å²) in [5, 5.41) is 11.3. The highest BCUT2D eigenvalue weighted by molar-refractivity contribution is 8.00. The Kier molecular flexibility index (Phi) is 4.35. The average Bonchev–Trinajstić information content (AvgIpc) is 3.09. The molecule has 0 aromatic rings. The number of hydrogen-bond acceptors (Lipinski definition) is 4. The van der Waals surface area contributed by atoms with Crippen LogP contribution in [0.5, 0.6) is 0 Å². The summed E-state index contributed by atoms with van der Waals surface area (Å²) in [5.74, 6) is 0.805. The molecular weight excluding hydrogens is 262 g/mol. The summed E-state index contributed by atoms with van der Waals surface area (Å²) >= 11 is 1.88. The lowest BCUT2D eigenvalue weighted by Gasteiger charge is -2.38. The zero-order valence-corrected chi connectivity index (χ0v) is 13.0. The third-order valence-electron chi connectivity index (χ3n) is 3.46. The summed E-state index contributed by atoms with van der Waals surface area (Å²) in [6.07, 6.45) is 3.65. The van der Waals surface area contributed by atoms with Crippen LogP contribution in [0.2, 0.25) is 0 Å². The maximum absolute atomic E-state index is 11.9. The number of ether oxygens (including phenoxy) is 1. The number of likely N-dealkylation sites (tertiary alicyclic amines) is 1. The second-order valence-corrected chi connectivity index (χ2v) is 7.99. The Hall–Kier alpha value is -0.420. The molecule has 1 aliphatic carbocycles. The molecular formula is C14H25NO3S. The molecule has 0 spiro atoms. The van der Waals surface area contributed by atoms with E-state index in [0.29, 0.717) is 25.9 Å². The van der Waals surface area contributed by atoms with Crippen molar-refractivity contribution in [2.24, 2.45) is 0 Å². The maximum atomic E-state index is 11.9. The van der Waals surface area contributed by atoms with Crippen molar-refractivity contribution >= 4 is 17.9 Å². The number of carbonyl (C=O) groups excluding carboxylic acids is 1. The van der Waals surface area contributed by atoms with E-state index in [2.05, 4.69) is 0 Å². The minimum Gasteiger partial charge on any atom is -0.444 e. The number of hydrogen-bond donors (Lipinski definition) is 1. The number of rotatable bonds is 3. The molecule has 2 fully saturated rings. The van der Waals surface area contributed by atoms with Gasteiger partial charge in [-0.2, -0.15) is 11.8 Å². The predicted octanol–water partition coefficient (Wildman–Crippen LogP) is 2.64. The fraction of sp³-hybridized carbons (Fsp3) is 0.929. The third-order valence-corrected chi connectivity index (χ3v) is 5.10. The van der Waals surface area contributed by atoms with E-state index in [-0.39, 0.29) is 6.09 Å². The molecule has 1 saturated heterocycles.